The van der Waals surface area contributed by atoms with E-state index in [9.17, 15) is 13.2 Å². The van der Waals surface area contributed by atoms with Crippen molar-refractivity contribution in [1.82, 2.24) is 0 Å². The summed E-state index contributed by atoms with van der Waals surface area (Å²) in [5.74, 6) is -0.123. The molecule has 0 aliphatic carbocycles. The second-order valence-electron chi connectivity index (χ2n) is 4.89. The first kappa shape index (κ1) is 14.6. The first-order valence-electron chi connectivity index (χ1n) is 6.36. The Kier molecular flexibility index (Phi) is 4.17. The van der Waals surface area contributed by atoms with E-state index in [1.807, 2.05) is 0 Å². The molecule has 1 heterocycles. The molecule has 1 fully saturated rings. The van der Waals surface area contributed by atoms with Gasteiger partial charge < -0.3 is 15.8 Å². The molecule has 7 heteroatoms. The lowest BCUT2D eigenvalue weighted by Crippen LogP contribution is -2.35. The van der Waals surface area contributed by atoms with Crippen molar-refractivity contribution in [2.45, 2.75) is 18.9 Å². The van der Waals surface area contributed by atoms with E-state index in [0.717, 1.165) is 6.42 Å². The molecule has 1 atom stereocenters. The monoisotopic (exact) mass is 298 g/mol. The van der Waals surface area contributed by atoms with Crippen LogP contribution in [-0.2, 0) is 14.6 Å². The molecule has 1 saturated heterocycles. The highest BCUT2D eigenvalue weighted by atomic mass is 32.2. The SMILES string of the molecule is COC(=O)c1ccc(N)c(NC2CCCS(=O)(=O)C2)c1. The van der Waals surface area contributed by atoms with Crippen LogP contribution >= 0.6 is 0 Å². The topological polar surface area (TPSA) is 98.5 Å². The van der Waals surface area contributed by atoms with Crippen molar-refractivity contribution in [3.8, 4) is 0 Å². The molecule has 3 N–H and O–H groups in total. The molecule has 0 amide bonds. The van der Waals surface area contributed by atoms with Gasteiger partial charge in [0.15, 0.2) is 9.84 Å². The van der Waals surface area contributed by atoms with Crippen molar-refractivity contribution >= 4 is 27.2 Å². The Morgan fingerprint density at radius 1 is 1.45 bits per heavy atom. The van der Waals surface area contributed by atoms with Crippen molar-refractivity contribution in [2.24, 2.45) is 0 Å². The Balaban J connectivity index is 2.18. The van der Waals surface area contributed by atoms with Crippen LogP contribution in [0, 0.1) is 0 Å². The third kappa shape index (κ3) is 3.41. The molecule has 0 aromatic heterocycles. The number of hydrogen-bond acceptors (Lipinski definition) is 6. The summed E-state index contributed by atoms with van der Waals surface area (Å²) in [5.41, 5.74) is 7.27. The maximum Gasteiger partial charge on any atom is 0.337 e. The Labute approximate surface area is 118 Å². The molecule has 1 aliphatic rings. The largest absolute Gasteiger partial charge is 0.465 e. The summed E-state index contributed by atoms with van der Waals surface area (Å²) in [6.45, 7) is 0. The van der Waals surface area contributed by atoms with E-state index in [4.69, 9.17) is 5.73 Å². The van der Waals surface area contributed by atoms with Gasteiger partial charge in [0.1, 0.15) is 0 Å². The number of benzene rings is 1. The van der Waals surface area contributed by atoms with Gasteiger partial charge in [0.25, 0.3) is 0 Å². The fourth-order valence-electron chi connectivity index (χ4n) is 2.28. The summed E-state index contributed by atoms with van der Waals surface area (Å²) in [7, 11) is -1.69. The minimum absolute atomic E-state index is 0.0922. The lowest BCUT2D eigenvalue weighted by Gasteiger charge is -2.24. The van der Waals surface area contributed by atoms with Gasteiger partial charge in [-0.15, -0.1) is 0 Å². The number of esters is 1. The fraction of sp³-hybridized carbons (Fsp3) is 0.462. The summed E-state index contributed by atoms with van der Waals surface area (Å²) in [6.07, 6.45) is 1.40. The molecule has 1 aromatic rings. The number of nitrogens with one attached hydrogen (secondary N) is 1. The Morgan fingerprint density at radius 2 is 2.20 bits per heavy atom. The van der Waals surface area contributed by atoms with Crippen LogP contribution in [-0.4, -0.2) is 39.0 Å². The average Bonchev–Trinajstić information content (AvgIpc) is 2.39. The quantitative estimate of drug-likeness (QED) is 0.639. The van der Waals surface area contributed by atoms with Gasteiger partial charge in [0.2, 0.25) is 0 Å². The molecule has 6 nitrogen and oxygen atoms in total. The number of carbonyl (C=O) groups excluding carboxylic acids is 1. The van der Waals surface area contributed by atoms with Crippen molar-refractivity contribution in [1.29, 1.82) is 0 Å². The first-order valence-corrected chi connectivity index (χ1v) is 8.18. The molecule has 0 radical (unpaired) electrons. The molecule has 0 spiro atoms. The molecule has 1 aliphatic heterocycles. The predicted octanol–water partition coefficient (Wildman–Crippen LogP) is 1.04. The van der Waals surface area contributed by atoms with Gasteiger partial charge in [-0.1, -0.05) is 0 Å². The van der Waals surface area contributed by atoms with E-state index < -0.39 is 15.8 Å². The zero-order chi connectivity index (χ0) is 14.8. The van der Waals surface area contributed by atoms with Crippen LogP contribution in [0.2, 0.25) is 0 Å². The Bertz CT molecular complexity index is 613. The lowest BCUT2D eigenvalue weighted by molar-refractivity contribution is 0.0601. The summed E-state index contributed by atoms with van der Waals surface area (Å²) < 4.78 is 27.9. The molecule has 2 rings (SSSR count). The van der Waals surface area contributed by atoms with Crippen LogP contribution in [0.25, 0.3) is 0 Å². The van der Waals surface area contributed by atoms with Crippen molar-refractivity contribution < 1.29 is 17.9 Å². The van der Waals surface area contributed by atoms with Crippen LogP contribution < -0.4 is 11.1 Å². The number of carbonyl (C=O) groups is 1. The van der Waals surface area contributed by atoms with Crippen LogP contribution in [0.1, 0.15) is 23.2 Å². The standard InChI is InChI=1S/C13H18N2O4S/c1-19-13(16)9-4-5-11(14)12(7-9)15-10-3-2-6-20(17,18)8-10/h4-5,7,10,15H,2-3,6,8,14H2,1H3. The van der Waals surface area contributed by atoms with Gasteiger partial charge in [0.05, 0.1) is 35.6 Å². The van der Waals surface area contributed by atoms with Crippen LogP contribution in [0.15, 0.2) is 18.2 Å². The first-order chi connectivity index (χ1) is 9.41. The van der Waals surface area contributed by atoms with E-state index in [0.29, 0.717) is 23.4 Å². The highest BCUT2D eigenvalue weighted by Crippen LogP contribution is 2.24. The zero-order valence-corrected chi connectivity index (χ0v) is 12.1. The lowest BCUT2D eigenvalue weighted by atomic mass is 10.1. The number of nitrogens with two attached hydrogens (primary N) is 1. The molecular formula is C13H18N2O4S. The van der Waals surface area contributed by atoms with E-state index in [2.05, 4.69) is 10.1 Å². The van der Waals surface area contributed by atoms with Crippen molar-refractivity contribution in [3.05, 3.63) is 23.8 Å². The normalized spacial score (nSPS) is 21.1. The van der Waals surface area contributed by atoms with E-state index in [1.54, 1.807) is 18.2 Å². The smallest absolute Gasteiger partial charge is 0.337 e. The van der Waals surface area contributed by atoms with Crippen molar-refractivity contribution in [2.75, 3.05) is 29.7 Å². The summed E-state index contributed by atoms with van der Waals surface area (Å²) in [5, 5.41) is 3.11. The molecular weight excluding hydrogens is 280 g/mol. The van der Waals surface area contributed by atoms with Crippen LogP contribution in [0.5, 0.6) is 0 Å². The summed E-state index contributed by atoms with van der Waals surface area (Å²) in [6, 6.07) is 4.59. The van der Waals surface area contributed by atoms with Gasteiger partial charge in [-0.2, -0.15) is 0 Å². The molecule has 1 unspecified atom stereocenters. The Hall–Kier alpha value is -1.76. The van der Waals surface area contributed by atoms with Crippen molar-refractivity contribution in [3.63, 3.8) is 0 Å². The van der Waals surface area contributed by atoms with E-state index in [1.165, 1.54) is 7.11 Å². The highest BCUT2D eigenvalue weighted by Gasteiger charge is 2.25. The van der Waals surface area contributed by atoms with Gasteiger partial charge in [-0.05, 0) is 31.0 Å². The summed E-state index contributed by atoms with van der Waals surface area (Å²) in [4.78, 5) is 11.5. The molecule has 0 bridgehead atoms. The maximum atomic E-state index is 11.6. The minimum atomic E-state index is -2.99. The third-order valence-electron chi connectivity index (χ3n) is 3.30. The maximum absolute atomic E-state index is 11.6. The average molecular weight is 298 g/mol. The van der Waals surface area contributed by atoms with E-state index >= 15 is 0 Å². The second-order valence-corrected chi connectivity index (χ2v) is 7.12. The second kappa shape index (κ2) is 5.70. The molecule has 110 valence electrons. The molecule has 1 aromatic carbocycles. The third-order valence-corrected chi connectivity index (χ3v) is 5.12. The highest BCUT2D eigenvalue weighted by molar-refractivity contribution is 7.91. The number of rotatable bonds is 3. The predicted molar refractivity (Wildman–Crippen MR) is 77.5 cm³/mol. The van der Waals surface area contributed by atoms with E-state index in [-0.39, 0.29) is 17.5 Å². The number of ether oxygens (including phenoxy) is 1. The number of methoxy groups -OCH3 is 1. The fourth-order valence-corrected chi connectivity index (χ4v) is 3.92. The number of nitrogen functional groups attached to an aromatic ring is 1. The Morgan fingerprint density at radius 3 is 2.85 bits per heavy atom. The molecule has 20 heavy (non-hydrogen) atoms. The number of anilines is 2. The van der Waals surface area contributed by atoms with Crippen LogP contribution in [0.3, 0.4) is 0 Å². The van der Waals surface area contributed by atoms with Gasteiger partial charge in [-0.3, -0.25) is 0 Å². The number of sulfone groups is 1. The summed E-state index contributed by atoms with van der Waals surface area (Å²) >= 11 is 0. The molecule has 0 saturated carbocycles. The van der Waals surface area contributed by atoms with Crippen LogP contribution in [0.4, 0.5) is 11.4 Å². The minimum Gasteiger partial charge on any atom is -0.465 e. The zero-order valence-electron chi connectivity index (χ0n) is 11.3. The van der Waals surface area contributed by atoms with Gasteiger partial charge in [-0.25, -0.2) is 13.2 Å². The number of hydrogen-bond donors (Lipinski definition) is 2. The van der Waals surface area contributed by atoms with Gasteiger partial charge in [0, 0.05) is 6.04 Å². The van der Waals surface area contributed by atoms with Gasteiger partial charge >= 0.3 is 5.97 Å².